The number of nitrogens with zero attached hydrogens (tertiary/aromatic N) is 2. The Morgan fingerprint density at radius 2 is 2.06 bits per heavy atom. The molecule has 0 aliphatic carbocycles. The largest absolute Gasteiger partial charge is 0.326 e. The second-order valence-electron chi connectivity index (χ2n) is 3.28. The standard InChI is InChI=1S/C7H7ClF4N2O2S/c1-4-5(17(8,15)16)2-14(13-4)3-7(11,12)6(9)10/h2,6H,3H2,1H3. The Balaban J connectivity index is 3.04. The molecule has 0 aromatic carbocycles. The smallest absolute Gasteiger partial charge is 0.265 e. The molecule has 1 aromatic heterocycles. The third kappa shape index (κ3) is 3.32. The molecule has 0 unspecified atom stereocenters. The monoisotopic (exact) mass is 294 g/mol. The summed E-state index contributed by atoms with van der Waals surface area (Å²) < 4.78 is 71.5. The fraction of sp³-hybridized carbons (Fsp3) is 0.571. The second-order valence-corrected chi connectivity index (χ2v) is 5.81. The molecule has 4 nitrogen and oxygen atoms in total. The molecular weight excluding hydrogens is 288 g/mol. The van der Waals surface area contributed by atoms with Crippen LogP contribution in [0.2, 0.25) is 0 Å². The Kier molecular flexibility index (Phi) is 3.72. The van der Waals surface area contributed by atoms with Crippen molar-refractivity contribution in [1.29, 1.82) is 0 Å². The summed E-state index contributed by atoms with van der Waals surface area (Å²) in [4.78, 5) is -0.482. The number of aryl methyl sites for hydroxylation is 1. The lowest BCUT2D eigenvalue weighted by molar-refractivity contribution is -0.139. The van der Waals surface area contributed by atoms with Crippen LogP contribution in [0.4, 0.5) is 17.6 Å². The van der Waals surface area contributed by atoms with Crippen molar-refractivity contribution in [2.75, 3.05) is 0 Å². The van der Waals surface area contributed by atoms with Gasteiger partial charge >= 0.3 is 12.3 Å². The van der Waals surface area contributed by atoms with E-state index in [1.807, 2.05) is 0 Å². The Morgan fingerprint density at radius 1 is 1.53 bits per heavy atom. The molecule has 98 valence electrons. The molecule has 0 spiro atoms. The molecule has 17 heavy (non-hydrogen) atoms. The molecule has 1 heterocycles. The van der Waals surface area contributed by atoms with Crippen molar-refractivity contribution in [3.05, 3.63) is 11.9 Å². The van der Waals surface area contributed by atoms with Gasteiger partial charge in [-0.15, -0.1) is 0 Å². The molecule has 10 heteroatoms. The Labute approximate surface area is 98.6 Å². The summed E-state index contributed by atoms with van der Waals surface area (Å²) in [5.74, 6) is -4.29. The average Bonchev–Trinajstić information content (AvgIpc) is 2.44. The molecule has 0 aliphatic heterocycles. The van der Waals surface area contributed by atoms with Gasteiger partial charge in [0, 0.05) is 16.9 Å². The Morgan fingerprint density at radius 3 is 2.41 bits per heavy atom. The minimum atomic E-state index is -4.29. The van der Waals surface area contributed by atoms with Crippen LogP contribution >= 0.6 is 10.7 Å². The topological polar surface area (TPSA) is 52.0 Å². The van der Waals surface area contributed by atoms with Crippen molar-refractivity contribution in [2.45, 2.75) is 30.7 Å². The zero-order valence-electron chi connectivity index (χ0n) is 8.37. The van der Waals surface area contributed by atoms with Crippen molar-refractivity contribution < 1.29 is 26.0 Å². The first-order valence-corrected chi connectivity index (χ1v) is 6.49. The van der Waals surface area contributed by atoms with Crippen LogP contribution in [0.1, 0.15) is 5.69 Å². The summed E-state index contributed by atoms with van der Waals surface area (Å²) in [6.07, 6.45) is -3.17. The number of rotatable bonds is 4. The summed E-state index contributed by atoms with van der Waals surface area (Å²) in [6, 6.07) is 0. The second kappa shape index (κ2) is 4.45. The van der Waals surface area contributed by atoms with Crippen molar-refractivity contribution in [1.82, 2.24) is 9.78 Å². The van der Waals surface area contributed by atoms with Gasteiger partial charge in [-0.2, -0.15) is 13.9 Å². The van der Waals surface area contributed by atoms with Crippen LogP contribution in [0.3, 0.4) is 0 Å². The lowest BCUT2D eigenvalue weighted by Crippen LogP contribution is -2.32. The van der Waals surface area contributed by atoms with Crippen molar-refractivity contribution in [3.63, 3.8) is 0 Å². The lowest BCUT2D eigenvalue weighted by Gasteiger charge is -2.14. The molecule has 0 N–H and O–H groups in total. The van der Waals surface area contributed by atoms with Gasteiger partial charge in [-0.3, -0.25) is 4.68 Å². The maximum absolute atomic E-state index is 12.7. The summed E-state index contributed by atoms with van der Waals surface area (Å²) in [7, 11) is 0.862. The van der Waals surface area contributed by atoms with Crippen molar-refractivity contribution in [2.24, 2.45) is 0 Å². The van der Waals surface area contributed by atoms with E-state index in [9.17, 15) is 26.0 Å². The quantitative estimate of drug-likeness (QED) is 0.630. The van der Waals surface area contributed by atoms with Crippen molar-refractivity contribution in [3.8, 4) is 0 Å². The van der Waals surface area contributed by atoms with E-state index in [-0.39, 0.29) is 5.69 Å². The highest BCUT2D eigenvalue weighted by atomic mass is 35.7. The summed E-state index contributed by atoms with van der Waals surface area (Å²) >= 11 is 0. The van der Waals surface area contributed by atoms with E-state index >= 15 is 0 Å². The summed E-state index contributed by atoms with van der Waals surface area (Å²) in [5.41, 5.74) is -0.134. The molecule has 0 saturated carbocycles. The SMILES string of the molecule is Cc1nn(CC(F)(F)C(F)F)cc1S(=O)(=O)Cl. The third-order valence-electron chi connectivity index (χ3n) is 1.86. The van der Waals surface area contributed by atoms with E-state index in [2.05, 4.69) is 5.10 Å². The zero-order chi connectivity index (χ0) is 13.4. The molecule has 1 rings (SSSR count). The minimum absolute atomic E-state index is 0.134. The van der Waals surface area contributed by atoms with Crippen LogP contribution in [0.25, 0.3) is 0 Å². The molecule has 1 aromatic rings. The number of hydrogen-bond donors (Lipinski definition) is 0. The molecular formula is C7H7ClF4N2O2S. The first kappa shape index (κ1) is 14.2. The van der Waals surface area contributed by atoms with E-state index in [0.29, 0.717) is 10.9 Å². The predicted molar refractivity (Wildman–Crippen MR) is 51.0 cm³/mol. The van der Waals surface area contributed by atoms with Crippen LogP contribution in [-0.2, 0) is 15.6 Å². The van der Waals surface area contributed by atoms with Gasteiger partial charge in [0.15, 0.2) is 0 Å². The average molecular weight is 295 g/mol. The van der Waals surface area contributed by atoms with E-state index in [0.717, 1.165) is 0 Å². The number of aromatic nitrogens is 2. The Bertz CT molecular complexity index is 514. The van der Waals surface area contributed by atoms with Crippen LogP contribution < -0.4 is 0 Å². The predicted octanol–water partition coefficient (Wildman–Crippen LogP) is 2.02. The van der Waals surface area contributed by atoms with Gasteiger partial charge < -0.3 is 0 Å². The fourth-order valence-electron chi connectivity index (χ4n) is 1.10. The van der Waals surface area contributed by atoms with Gasteiger partial charge in [0.2, 0.25) is 0 Å². The molecule has 0 saturated heterocycles. The molecule has 0 atom stereocenters. The molecule has 0 amide bonds. The normalized spacial score (nSPS) is 13.4. The first-order valence-electron chi connectivity index (χ1n) is 4.19. The lowest BCUT2D eigenvalue weighted by atomic mass is 10.3. The van der Waals surface area contributed by atoms with Crippen LogP contribution in [0.5, 0.6) is 0 Å². The summed E-state index contributed by atoms with van der Waals surface area (Å²) in [6.45, 7) is -0.204. The van der Waals surface area contributed by atoms with Gasteiger partial charge in [-0.05, 0) is 6.92 Å². The molecule has 0 aliphatic rings. The van der Waals surface area contributed by atoms with E-state index < -0.39 is 32.8 Å². The number of hydrogen-bond acceptors (Lipinski definition) is 3. The van der Waals surface area contributed by atoms with Gasteiger partial charge in [0.1, 0.15) is 11.4 Å². The Hall–Kier alpha value is -0.830. The highest BCUT2D eigenvalue weighted by molar-refractivity contribution is 8.13. The zero-order valence-corrected chi connectivity index (χ0v) is 9.94. The number of halogens is 5. The van der Waals surface area contributed by atoms with E-state index in [1.165, 1.54) is 6.92 Å². The summed E-state index contributed by atoms with van der Waals surface area (Å²) in [5, 5.41) is 3.38. The number of alkyl halides is 4. The van der Waals surface area contributed by atoms with Crippen LogP contribution in [0, 0.1) is 6.92 Å². The fourth-order valence-corrected chi connectivity index (χ4v) is 2.20. The first-order chi connectivity index (χ1) is 7.54. The van der Waals surface area contributed by atoms with Gasteiger partial charge in [0.25, 0.3) is 9.05 Å². The third-order valence-corrected chi connectivity index (χ3v) is 3.28. The van der Waals surface area contributed by atoms with Gasteiger partial charge in [0.05, 0.1) is 5.69 Å². The maximum atomic E-state index is 12.7. The molecule has 0 bridgehead atoms. The van der Waals surface area contributed by atoms with Crippen LogP contribution in [-0.4, -0.2) is 30.5 Å². The van der Waals surface area contributed by atoms with E-state index in [4.69, 9.17) is 10.7 Å². The van der Waals surface area contributed by atoms with Gasteiger partial charge in [-0.25, -0.2) is 17.2 Å². The minimum Gasteiger partial charge on any atom is -0.265 e. The highest BCUT2D eigenvalue weighted by Gasteiger charge is 2.41. The van der Waals surface area contributed by atoms with Crippen molar-refractivity contribution >= 4 is 19.7 Å². The highest BCUT2D eigenvalue weighted by Crippen LogP contribution is 2.26. The molecule has 0 radical (unpaired) electrons. The molecule has 0 fully saturated rings. The maximum Gasteiger partial charge on any atom is 0.326 e. The van der Waals surface area contributed by atoms with Crippen LogP contribution in [0.15, 0.2) is 11.1 Å². The van der Waals surface area contributed by atoms with Gasteiger partial charge in [-0.1, -0.05) is 0 Å². The van der Waals surface area contributed by atoms with E-state index in [1.54, 1.807) is 0 Å².